The molecular formula is C26H25N3O4. The third-order valence-electron chi connectivity index (χ3n) is 5.74. The van der Waals surface area contributed by atoms with Crippen molar-refractivity contribution in [2.45, 2.75) is 27.3 Å². The molecule has 0 aliphatic rings. The van der Waals surface area contributed by atoms with Crippen molar-refractivity contribution < 1.29 is 9.53 Å². The molecule has 168 valence electrons. The van der Waals surface area contributed by atoms with Gasteiger partial charge in [0.2, 0.25) is 5.56 Å². The highest BCUT2D eigenvalue weighted by Crippen LogP contribution is 2.30. The summed E-state index contributed by atoms with van der Waals surface area (Å²) >= 11 is 0. The van der Waals surface area contributed by atoms with E-state index in [1.54, 1.807) is 19.2 Å². The number of H-pyrrole nitrogens is 2. The summed E-state index contributed by atoms with van der Waals surface area (Å²) < 4.78 is 5.44. The number of rotatable bonds is 5. The Hall–Kier alpha value is -4.13. The fourth-order valence-electron chi connectivity index (χ4n) is 3.99. The summed E-state index contributed by atoms with van der Waals surface area (Å²) in [6.07, 6.45) is 0. The molecule has 2 aromatic carbocycles. The van der Waals surface area contributed by atoms with Crippen molar-refractivity contribution in [1.82, 2.24) is 15.3 Å². The summed E-state index contributed by atoms with van der Waals surface area (Å²) in [6, 6.07) is 14.3. The molecule has 2 heterocycles. The zero-order valence-corrected chi connectivity index (χ0v) is 19.0. The average molecular weight is 444 g/mol. The van der Waals surface area contributed by atoms with E-state index in [9.17, 15) is 14.4 Å². The van der Waals surface area contributed by atoms with Gasteiger partial charge in [0.05, 0.1) is 7.11 Å². The fourth-order valence-corrected chi connectivity index (χ4v) is 3.99. The average Bonchev–Trinajstić information content (AvgIpc) is 2.77. The number of aromatic amines is 2. The van der Waals surface area contributed by atoms with E-state index in [1.165, 1.54) is 6.07 Å². The molecule has 0 spiro atoms. The maximum absolute atomic E-state index is 13.2. The van der Waals surface area contributed by atoms with Crippen molar-refractivity contribution in [2.75, 3.05) is 7.11 Å². The molecule has 2 aromatic heterocycles. The van der Waals surface area contributed by atoms with E-state index < -0.39 is 0 Å². The lowest BCUT2D eigenvalue weighted by Crippen LogP contribution is -2.28. The predicted molar refractivity (Wildman–Crippen MR) is 129 cm³/mol. The molecule has 4 rings (SSSR count). The van der Waals surface area contributed by atoms with Crippen LogP contribution in [0.25, 0.3) is 22.0 Å². The van der Waals surface area contributed by atoms with Crippen LogP contribution in [0.5, 0.6) is 5.75 Å². The Morgan fingerprint density at radius 1 is 0.909 bits per heavy atom. The molecule has 0 saturated heterocycles. The molecule has 7 nitrogen and oxygen atoms in total. The van der Waals surface area contributed by atoms with Crippen LogP contribution in [-0.4, -0.2) is 23.0 Å². The first-order valence-corrected chi connectivity index (χ1v) is 10.6. The van der Waals surface area contributed by atoms with Gasteiger partial charge in [0.1, 0.15) is 5.75 Å². The fraction of sp³-hybridized carbons (Fsp3) is 0.192. The lowest BCUT2D eigenvalue weighted by molar-refractivity contribution is 0.0952. The van der Waals surface area contributed by atoms with Crippen LogP contribution in [0, 0.1) is 20.8 Å². The zero-order valence-electron chi connectivity index (χ0n) is 19.0. The van der Waals surface area contributed by atoms with Crippen LogP contribution >= 0.6 is 0 Å². The number of aromatic nitrogens is 2. The number of fused-ring (bicyclic) bond motifs is 1. The van der Waals surface area contributed by atoms with Crippen LogP contribution in [0.15, 0.2) is 58.1 Å². The Morgan fingerprint density at radius 2 is 1.70 bits per heavy atom. The van der Waals surface area contributed by atoms with Crippen LogP contribution in [0.2, 0.25) is 0 Å². The highest BCUT2D eigenvalue weighted by Gasteiger charge is 2.15. The van der Waals surface area contributed by atoms with Gasteiger partial charge in [0.25, 0.3) is 11.5 Å². The summed E-state index contributed by atoms with van der Waals surface area (Å²) in [5.41, 5.74) is 5.17. The summed E-state index contributed by atoms with van der Waals surface area (Å²) in [6.45, 7) is 5.70. The molecule has 0 bridgehead atoms. The number of benzene rings is 2. The molecule has 7 heteroatoms. The molecule has 4 aromatic rings. The molecule has 1 amide bonds. The molecular weight excluding hydrogens is 418 g/mol. The van der Waals surface area contributed by atoms with E-state index in [-0.39, 0.29) is 23.6 Å². The van der Waals surface area contributed by atoms with Gasteiger partial charge in [-0.1, -0.05) is 12.1 Å². The quantitative estimate of drug-likeness (QED) is 0.437. The highest BCUT2D eigenvalue weighted by molar-refractivity contribution is 6.07. The van der Waals surface area contributed by atoms with Gasteiger partial charge < -0.3 is 20.0 Å². The largest absolute Gasteiger partial charge is 0.496 e. The van der Waals surface area contributed by atoms with Crippen LogP contribution in [-0.2, 0) is 6.54 Å². The van der Waals surface area contributed by atoms with Gasteiger partial charge in [-0.25, -0.2) is 0 Å². The summed E-state index contributed by atoms with van der Waals surface area (Å²) in [5, 5.41) is 3.47. The van der Waals surface area contributed by atoms with Crippen LogP contribution < -0.4 is 21.2 Å². The maximum Gasteiger partial charge on any atom is 0.253 e. The number of carbonyl (C=O) groups excluding carboxylic acids is 1. The van der Waals surface area contributed by atoms with Gasteiger partial charge in [-0.2, -0.15) is 0 Å². The number of amides is 1. The zero-order chi connectivity index (χ0) is 23.7. The molecule has 0 saturated carbocycles. The first-order valence-electron chi connectivity index (χ1n) is 10.6. The minimum absolute atomic E-state index is 0.0910. The lowest BCUT2D eigenvalue weighted by atomic mass is 9.97. The number of aryl methyl sites for hydroxylation is 3. The molecule has 33 heavy (non-hydrogen) atoms. The van der Waals surface area contributed by atoms with E-state index in [0.717, 1.165) is 33.7 Å². The Balaban J connectivity index is 1.77. The van der Waals surface area contributed by atoms with Crippen LogP contribution in [0.1, 0.15) is 32.7 Å². The van der Waals surface area contributed by atoms with Crippen molar-refractivity contribution in [3.63, 3.8) is 0 Å². The van der Waals surface area contributed by atoms with E-state index in [2.05, 4.69) is 15.3 Å². The first kappa shape index (κ1) is 22.1. The number of nitrogens with one attached hydrogen (secondary N) is 3. The third kappa shape index (κ3) is 4.43. The Labute approximate surface area is 190 Å². The van der Waals surface area contributed by atoms with Crippen molar-refractivity contribution in [3.05, 3.63) is 97.2 Å². The van der Waals surface area contributed by atoms with Gasteiger partial charge in [0.15, 0.2) is 0 Å². The number of hydrogen-bond donors (Lipinski definition) is 3. The molecule has 3 N–H and O–H groups in total. The monoisotopic (exact) mass is 443 g/mol. The second-order valence-electron chi connectivity index (χ2n) is 8.12. The van der Waals surface area contributed by atoms with Crippen molar-refractivity contribution >= 4 is 16.8 Å². The Bertz CT molecular complexity index is 1500. The van der Waals surface area contributed by atoms with Crippen molar-refractivity contribution in [1.29, 1.82) is 0 Å². The standard InChI is InChI=1S/C26H25N3O4/c1-14-5-6-17(12-23(14)33-4)18-10-20(19-7-8-24(30)29-22(19)11-18)25(31)27-13-21-15(2)9-16(3)28-26(21)32/h5-12H,13H2,1-4H3,(H,27,31)(H,28,32)(H,29,30). The number of methoxy groups -OCH3 is 1. The van der Waals surface area contributed by atoms with Crippen LogP contribution in [0.3, 0.4) is 0 Å². The van der Waals surface area contributed by atoms with Crippen molar-refractivity contribution in [3.8, 4) is 16.9 Å². The van der Waals surface area contributed by atoms with Gasteiger partial charge in [-0.3, -0.25) is 14.4 Å². The Kier molecular flexibility index (Phi) is 5.87. The van der Waals surface area contributed by atoms with E-state index in [4.69, 9.17) is 4.74 Å². The maximum atomic E-state index is 13.2. The van der Waals surface area contributed by atoms with Crippen molar-refractivity contribution in [2.24, 2.45) is 0 Å². The topological polar surface area (TPSA) is 104 Å². The smallest absolute Gasteiger partial charge is 0.253 e. The third-order valence-corrected chi connectivity index (χ3v) is 5.74. The number of carbonyl (C=O) groups is 1. The molecule has 0 atom stereocenters. The molecule has 0 aliphatic heterocycles. The van der Waals surface area contributed by atoms with E-state index in [1.807, 2.05) is 51.1 Å². The van der Waals surface area contributed by atoms with Gasteiger partial charge >= 0.3 is 0 Å². The molecule has 0 aliphatic carbocycles. The second-order valence-corrected chi connectivity index (χ2v) is 8.12. The Morgan fingerprint density at radius 3 is 2.42 bits per heavy atom. The SMILES string of the molecule is COc1cc(-c2cc(C(=O)NCc3c(C)cc(C)[nH]c3=O)c3ccc(=O)[nH]c3c2)ccc1C. The summed E-state index contributed by atoms with van der Waals surface area (Å²) in [4.78, 5) is 43.1. The number of hydrogen-bond acceptors (Lipinski definition) is 4. The number of pyridine rings is 2. The number of ether oxygens (including phenoxy) is 1. The predicted octanol–water partition coefficient (Wildman–Crippen LogP) is 3.75. The first-order chi connectivity index (χ1) is 15.8. The van der Waals surface area contributed by atoms with Gasteiger partial charge in [0, 0.05) is 40.3 Å². The summed E-state index contributed by atoms with van der Waals surface area (Å²) in [7, 11) is 1.61. The minimum atomic E-state index is -0.340. The molecule has 0 unspecified atom stereocenters. The highest BCUT2D eigenvalue weighted by atomic mass is 16.5. The van der Waals surface area contributed by atoms with E-state index in [0.29, 0.717) is 22.0 Å². The van der Waals surface area contributed by atoms with Gasteiger partial charge in [-0.05, 0) is 73.4 Å². The lowest BCUT2D eigenvalue weighted by Gasteiger charge is -2.13. The molecule has 0 radical (unpaired) electrons. The molecule has 0 fully saturated rings. The second kappa shape index (κ2) is 8.78. The minimum Gasteiger partial charge on any atom is -0.496 e. The summed E-state index contributed by atoms with van der Waals surface area (Å²) in [5.74, 6) is 0.390. The van der Waals surface area contributed by atoms with Gasteiger partial charge in [-0.15, -0.1) is 0 Å². The van der Waals surface area contributed by atoms with E-state index >= 15 is 0 Å². The van der Waals surface area contributed by atoms with Crippen LogP contribution in [0.4, 0.5) is 0 Å². The normalized spacial score (nSPS) is 10.9.